The number of ether oxygens (including phenoxy) is 1. The van der Waals surface area contributed by atoms with Gasteiger partial charge in [-0.2, -0.15) is 4.98 Å². The lowest BCUT2D eigenvalue weighted by atomic mass is 10.00. The fourth-order valence-electron chi connectivity index (χ4n) is 2.42. The molecule has 0 aromatic carbocycles. The molecule has 2 rings (SSSR count). The standard InChI is InChI=1S/C12H18N2O3/c1-17-7-6-9-13-11(15)10(12(16)14-9)8-4-2-3-5-8/h8H,2-7H2,1H3,(H2,13,14,15,16). The SMILES string of the molecule is COCCc1nc(O)c(C2CCCC2)c(=O)[nH]1. The van der Waals surface area contributed by atoms with Gasteiger partial charge >= 0.3 is 0 Å². The summed E-state index contributed by atoms with van der Waals surface area (Å²) in [4.78, 5) is 18.7. The van der Waals surface area contributed by atoms with E-state index in [2.05, 4.69) is 9.97 Å². The highest BCUT2D eigenvalue weighted by Gasteiger charge is 2.24. The molecule has 5 nitrogen and oxygen atoms in total. The summed E-state index contributed by atoms with van der Waals surface area (Å²) in [5.74, 6) is 0.547. The van der Waals surface area contributed by atoms with E-state index in [4.69, 9.17) is 4.74 Å². The average molecular weight is 238 g/mol. The Morgan fingerprint density at radius 1 is 1.47 bits per heavy atom. The smallest absolute Gasteiger partial charge is 0.258 e. The molecular weight excluding hydrogens is 220 g/mol. The van der Waals surface area contributed by atoms with Gasteiger partial charge in [0.2, 0.25) is 5.88 Å². The summed E-state index contributed by atoms with van der Waals surface area (Å²) >= 11 is 0. The van der Waals surface area contributed by atoms with Gasteiger partial charge in [0.25, 0.3) is 5.56 Å². The van der Waals surface area contributed by atoms with Crippen molar-refractivity contribution in [3.63, 3.8) is 0 Å². The maximum Gasteiger partial charge on any atom is 0.258 e. The van der Waals surface area contributed by atoms with Gasteiger partial charge in [0.05, 0.1) is 12.2 Å². The Morgan fingerprint density at radius 2 is 2.18 bits per heavy atom. The van der Waals surface area contributed by atoms with E-state index in [1.807, 2.05) is 0 Å². The summed E-state index contributed by atoms with van der Waals surface area (Å²) < 4.78 is 4.91. The Kier molecular flexibility index (Phi) is 3.78. The zero-order valence-electron chi connectivity index (χ0n) is 10.0. The van der Waals surface area contributed by atoms with Crippen molar-refractivity contribution in [1.29, 1.82) is 0 Å². The van der Waals surface area contributed by atoms with Crippen LogP contribution in [0, 0.1) is 0 Å². The molecule has 0 radical (unpaired) electrons. The van der Waals surface area contributed by atoms with E-state index < -0.39 is 0 Å². The van der Waals surface area contributed by atoms with Gasteiger partial charge in [-0.15, -0.1) is 0 Å². The van der Waals surface area contributed by atoms with Crippen LogP contribution in [0.25, 0.3) is 0 Å². The molecule has 94 valence electrons. The number of hydrogen-bond donors (Lipinski definition) is 2. The highest BCUT2D eigenvalue weighted by molar-refractivity contribution is 5.27. The number of aromatic hydroxyl groups is 1. The van der Waals surface area contributed by atoms with Crippen LogP contribution >= 0.6 is 0 Å². The molecule has 0 bridgehead atoms. The van der Waals surface area contributed by atoms with E-state index in [-0.39, 0.29) is 17.4 Å². The molecule has 1 aromatic rings. The predicted molar refractivity (Wildman–Crippen MR) is 63.3 cm³/mol. The number of hydrogen-bond acceptors (Lipinski definition) is 4. The van der Waals surface area contributed by atoms with Crippen LogP contribution in [-0.2, 0) is 11.2 Å². The van der Waals surface area contributed by atoms with Gasteiger partial charge < -0.3 is 14.8 Å². The Labute approximate surface area is 99.9 Å². The Morgan fingerprint density at radius 3 is 2.76 bits per heavy atom. The van der Waals surface area contributed by atoms with Crippen LogP contribution in [0.1, 0.15) is 43.0 Å². The number of nitrogens with zero attached hydrogens (tertiary/aromatic N) is 1. The van der Waals surface area contributed by atoms with Gasteiger partial charge in [0.15, 0.2) is 0 Å². The van der Waals surface area contributed by atoms with Crippen molar-refractivity contribution in [2.75, 3.05) is 13.7 Å². The van der Waals surface area contributed by atoms with Crippen molar-refractivity contribution < 1.29 is 9.84 Å². The molecule has 0 spiro atoms. The Balaban J connectivity index is 2.25. The van der Waals surface area contributed by atoms with E-state index in [1.54, 1.807) is 7.11 Å². The fourth-order valence-corrected chi connectivity index (χ4v) is 2.42. The summed E-state index contributed by atoms with van der Waals surface area (Å²) in [6.07, 6.45) is 4.68. The first-order valence-electron chi connectivity index (χ1n) is 6.03. The summed E-state index contributed by atoms with van der Waals surface area (Å²) in [7, 11) is 1.59. The van der Waals surface area contributed by atoms with Crippen molar-refractivity contribution in [1.82, 2.24) is 9.97 Å². The minimum absolute atomic E-state index is 0.105. The third kappa shape index (κ3) is 2.66. The maximum absolute atomic E-state index is 11.9. The topological polar surface area (TPSA) is 75.2 Å². The molecule has 1 aromatic heterocycles. The van der Waals surface area contributed by atoms with Gasteiger partial charge in [0, 0.05) is 13.5 Å². The molecule has 1 fully saturated rings. The summed E-state index contributed by atoms with van der Waals surface area (Å²) in [5, 5.41) is 9.86. The van der Waals surface area contributed by atoms with Crippen molar-refractivity contribution in [2.45, 2.75) is 38.0 Å². The lowest BCUT2D eigenvalue weighted by Gasteiger charge is -2.10. The molecule has 2 N–H and O–H groups in total. The van der Waals surface area contributed by atoms with Gasteiger partial charge in [-0.05, 0) is 18.8 Å². The molecule has 0 saturated heterocycles. The molecular formula is C12H18N2O3. The van der Waals surface area contributed by atoms with Crippen molar-refractivity contribution >= 4 is 0 Å². The first kappa shape index (κ1) is 12.1. The number of H-pyrrole nitrogens is 1. The van der Waals surface area contributed by atoms with Crippen LogP contribution in [-0.4, -0.2) is 28.8 Å². The lowest BCUT2D eigenvalue weighted by molar-refractivity contribution is 0.200. The highest BCUT2D eigenvalue weighted by atomic mass is 16.5. The molecule has 0 unspecified atom stereocenters. The van der Waals surface area contributed by atoms with Crippen LogP contribution in [0.15, 0.2) is 4.79 Å². The van der Waals surface area contributed by atoms with Crippen LogP contribution in [0.5, 0.6) is 5.88 Å². The van der Waals surface area contributed by atoms with Crippen molar-refractivity contribution in [3.05, 3.63) is 21.7 Å². The summed E-state index contributed by atoms with van der Waals surface area (Å²) in [5.41, 5.74) is 0.263. The first-order valence-corrected chi connectivity index (χ1v) is 6.03. The zero-order valence-corrected chi connectivity index (χ0v) is 10.0. The molecule has 0 atom stereocenters. The van der Waals surface area contributed by atoms with Gasteiger partial charge in [0.1, 0.15) is 5.82 Å². The van der Waals surface area contributed by atoms with Crippen molar-refractivity contribution in [2.24, 2.45) is 0 Å². The first-order chi connectivity index (χ1) is 8.22. The van der Waals surface area contributed by atoms with Crippen LogP contribution < -0.4 is 5.56 Å². The molecule has 0 amide bonds. The fraction of sp³-hybridized carbons (Fsp3) is 0.667. The Bertz CT molecular complexity index is 436. The van der Waals surface area contributed by atoms with Crippen molar-refractivity contribution in [3.8, 4) is 5.88 Å². The number of aromatic amines is 1. The second-order valence-corrected chi connectivity index (χ2v) is 4.47. The molecule has 1 aliphatic carbocycles. The summed E-state index contributed by atoms with van der Waals surface area (Å²) in [6.45, 7) is 0.477. The number of rotatable bonds is 4. The van der Waals surface area contributed by atoms with E-state index in [0.29, 0.717) is 24.4 Å². The minimum atomic E-state index is -0.199. The average Bonchev–Trinajstić information content (AvgIpc) is 2.79. The second-order valence-electron chi connectivity index (χ2n) is 4.47. The second kappa shape index (κ2) is 5.31. The number of methoxy groups -OCH3 is 1. The van der Waals surface area contributed by atoms with E-state index in [1.165, 1.54) is 0 Å². The van der Waals surface area contributed by atoms with Gasteiger partial charge in [-0.1, -0.05) is 12.8 Å². The maximum atomic E-state index is 11.9. The predicted octanol–water partition coefficient (Wildman–Crippen LogP) is 1.32. The third-order valence-electron chi connectivity index (χ3n) is 3.29. The van der Waals surface area contributed by atoms with E-state index in [9.17, 15) is 9.90 Å². The zero-order chi connectivity index (χ0) is 12.3. The molecule has 17 heavy (non-hydrogen) atoms. The van der Waals surface area contributed by atoms with Crippen LogP contribution in [0.3, 0.4) is 0 Å². The molecule has 1 saturated carbocycles. The van der Waals surface area contributed by atoms with Crippen LogP contribution in [0.2, 0.25) is 0 Å². The number of nitrogens with one attached hydrogen (secondary N) is 1. The molecule has 0 aliphatic heterocycles. The normalized spacial score (nSPS) is 16.5. The van der Waals surface area contributed by atoms with Gasteiger partial charge in [-0.25, -0.2) is 0 Å². The van der Waals surface area contributed by atoms with Crippen LogP contribution in [0.4, 0.5) is 0 Å². The Hall–Kier alpha value is -1.36. The third-order valence-corrected chi connectivity index (χ3v) is 3.29. The monoisotopic (exact) mass is 238 g/mol. The van der Waals surface area contributed by atoms with E-state index in [0.717, 1.165) is 25.7 Å². The summed E-state index contributed by atoms with van der Waals surface area (Å²) in [6, 6.07) is 0. The van der Waals surface area contributed by atoms with E-state index >= 15 is 0 Å². The minimum Gasteiger partial charge on any atom is -0.493 e. The largest absolute Gasteiger partial charge is 0.493 e. The highest BCUT2D eigenvalue weighted by Crippen LogP contribution is 2.35. The van der Waals surface area contributed by atoms with Gasteiger partial charge in [-0.3, -0.25) is 4.79 Å². The quantitative estimate of drug-likeness (QED) is 0.829. The molecule has 1 aliphatic rings. The molecule has 5 heteroatoms. The molecule has 1 heterocycles. The number of aromatic nitrogens is 2. The lowest BCUT2D eigenvalue weighted by Crippen LogP contribution is -2.19.